The number of piperazine rings is 1. The van der Waals surface area contributed by atoms with E-state index in [4.69, 9.17) is 4.74 Å². The van der Waals surface area contributed by atoms with Gasteiger partial charge in [0.2, 0.25) is 5.88 Å². The zero-order chi connectivity index (χ0) is 26.7. The van der Waals surface area contributed by atoms with Crippen LogP contribution in [0.3, 0.4) is 0 Å². The van der Waals surface area contributed by atoms with Gasteiger partial charge in [-0.1, -0.05) is 37.1 Å². The predicted molar refractivity (Wildman–Crippen MR) is 146 cm³/mol. The molecule has 2 heterocycles. The Morgan fingerprint density at radius 2 is 1.92 bits per heavy atom. The molecule has 0 unspecified atom stereocenters. The molecule has 0 bridgehead atoms. The molecular formula is C31H41N3O4. The van der Waals surface area contributed by atoms with Crippen molar-refractivity contribution in [3.05, 3.63) is 41.5 Å². The molecule has 5 aliphatic rings. The molecule has 0 radical (unpaired) electrons. The summed E-state index contributed by atoms with van der Waals surface area (Å²) in [6.07, 6.45) is 9.93. The number of carbonyl (C=O) groups is 2. The third-order valence-electron chi connectivity index (χ3n) is 10.9. The Morgan fingerprint density at radius 3 is 2.68 bits per heavy atom. The largest absolute Gasteiger partial charge is 0.481 e. The number of pyridine rings is 1. The molecule has 6 rings (SSSR count). The molecule has 1 aliphatic heterocycles. The van der Waals surface area contributed by atoms with Crippen molar-refractivity contribution in [3.8, 4) is 5.88 Å². The molecule has 38 heavy (non-hydrogen) atoms. The number of fused-ring (bicyclic) bond motifs is 5. The normalized spacial score (nSPS) is 37.1. The second-order valence-electron chi connectivity index (χ2n) is 12.6. The summed E-state index contributed by atoms with van der Waals surface area (Å²) in [7, 11) is 1.62. The average Bonchev–Trinajstić information content (AvgIpc) is 3.21. The maximum atomic E-state index is 13.8. The fraction of sp³-hybridized carbons (Fsp3) is 0.645. The van der Waals surface area contributed by atoms with Crippen LogP contribution >= 0.6 is 0 Å². The fourth-order valence-corrected chi connectivity index (χ4v) is 8.49. The minimum atomic E-state index is -1.29. The SMILES string of the molecule is COc1cccc(N2CCN(CC(=O)[C@@]3(O)CC[C@H]4[C@@H]5CCC6=CC(=O)CC[C@]6(C)C5=CC[C@@]43C)CC2)n1. The maximum absolute atomic E-state index is 13.8. The lowest BCUT2D eigenvalue weighted by molar-refractivity contribution is -0.154. The minimum absolute atomic E-state index is 0.0156. The third kappa shape index (κ3) is 3.88. The Bertz CT molecular complexity index is 1200. The molecule has 1 aromatic heterocycles. The number of hydrogen-bond donors (Lipinski definition) is 1. The Morgan fingerprint density at radius 1 is 1.13 bits per heavy atom. The molecule has 1 aromatic rings. The van der Waals surface area contributed by atoms with Crippen LogP contribution in [0.15, 0.2) is 41.5 Å². The van der Waals surface area contributed by atoms with E-state index in [-0.39, 0.29) is 17.0 Å². The lowest BCUT2D eigenvalue weighted by atomic mass is 9.50. The van der Waals surface area contributed by atoms with Crippen molar-refractivity contribution >= 4 is 17.4 Å². The van der Waals surface area contributed by atoms with E-state index in [1.54, 1.807) is 7.11 Å². The number of ether oxygens (including phenoxy) is 1. The van der Waals surface area contributed by atoms with Crippen molar-refractivity contribution < 1.29 is 19.4 Å². The van der Waals surface area contributed by atoms with Crippen LogP contribution < -0.4 is 9.64 Å². The topological polar surface area (TPSA) is 83.0 Å². The number of ketones is 2. The highest BCUT2D eigenvalue weighted by Gasteiger charge is 2.64. The van der Waals surface area contributed by atoms with Gasteiger partial charge in [-0.2, -0.15) is 4.98 Å². The van der Waals surface area contributed by atoms with Gasteiger partial charge in [-0.3, -0.25) is 14.5 Å². The Hall–Kier alpha value is -2.51. The Kier molecular flexibility index (Phi) is 6.30. The second-order valence-corrected chi connectivity index (χ2v) is 12.6. The molecule has 7 heteroatoms. The predicted octanol–water partition coefficient (Wildman–Crippen LogP) is 3.96. The first-order valence-electron chi connectivity index (χ1n) is 14.4. The molecule has 4 aliphatic carbocycles. The standard InChI is InChI=1S/C31H41N3O4/c1-29-12-9-22(35)19-21(29)7-8-23-24(29)10-13-30(2)25(23)11-14-31(30,37)26(36)20-33-15-17-34(18-16-33)27-5-4-6-28(32-27)38-3/h4-6,10,19,23,25,37H,7-9,11-18,20H2,1-3H3/t23-,25+,29+,30+,31+/m1/s1. The zero-order valence-electron chi connectivity index (χ0n) is 23.0. The molecule has 5 atom stereocenters. The summed E-state index contributed by atoms with van der Waals surface area (Å²) >= 11 is 0. The van der Waals surface area contributed by atoms with E-state index in [0.717, 1.165) is 64.1 Å². The summed E-state index contributed by atoms with van der Waals surface area (Å²) in [5.74, 6) is 2.45. The highest BCUT2D eigenvalue weighted by atomic mass is 16.5. The van der Waals surface area contributed by atoms with E-state index < -0.39 is 11.0 Å². The number of aliphatic hydroxyl groups is 1. The maximum Gasteiger partial charge on any atom is 0.214 e. The van der Waals surface area contributed by atoms with Gasteiger partial charge >= 0.3 is 0 Å². The van der Waals surface area contributed by atoms with Gasteiger partial charge in [0.25, 0.3) is 0 Å². The fourth-order valence-electron chi connectivity index (χ4n) is 8.49. The van der Waals surface area contributed by atoms with Gasteiger partial charge in [0.05, 0.1) is 13.7 Å². The van der Waals surface area contributed by atoms with Crippen LogP contribution in [-0.4, -0.2) is 72.0 Å². The van der Waals surface area contributed by atoms with E-state index in [1.807, 2.05) is 24.3 Å². The number of allylic oxidation sites excluding steroid dienone is 4. The van der Waals surface area contributed by atoms with E-state index in [1.165, 1.54) is 11.1 Å². The number of rotatable bonds is 5. The number of nitrogens with zero attached hydrogens (tertiary/aromatic N) is 3. The molecule has 0 amide bonds. The number of hydrogen-bond acceptors (Lipinski definition) is 7. The van der Waals surface area contributed by atoms with E-state index in [0.29, 0.717) is 37.1 Å². The van der Waals surface area contributed by atoms with Gasteiger partial charge < -0.3 is 14.7 Å². The number of anilines is 1. The van der Waals surface area contributed by atoms with E-state index >= 15 is 0 Å². The van der Waals surface area contributed by atoms with Crippen LogP contribution in [0.1, 0.15) is 58.8 Å². The first-order valence-corrected chi connectivity index (χ1v) is 14.4. The van der Waals surface area contributed by atoms with Crippen LogP contribution in [0.25, 0.3) is 0 Å². The molecule has 1 N–H and O–H groups in total. The second kappa shape index (κ2) is 9.30. The number of carbonyl (C=O) groups excluding carboxylic acids is 2. The summed E-state index contributed by atoms with van der Waals surface area (Å²) in [4.78, 5) is 34.9. The van der Waals surface area contributed by atoms with Crippen molar-refractivity contribution in [2.75, 3.05) is 44.7 Å². The highest BCUT2D eigenvalue weighted by Crippen LogP contribution is 2.65. The Labute approximate surface area is 225 Å². The summed E-state index contributed by atoms with van der Waals surface area (Å²) in [6, 6.07) is 5.79. The Balaban J connectivity index is 1.15. The van der Waals surface area contributed by atoms with Crippen molar-refractivity contribution in [1.82, 2.24) is 9.88 Å². The molecular weight excluding hydrogens is 478 g/mol. The average molecular weight is 520 g/mol. The monoisotopic (exact) mass is 519 g/mol. The summed E-state index contributed by atoms with van der Waals surface area (Å²) < 4.78 is 5.27. The van der Waals surface area contributed by atoms with Crippen molar-refractivity contribution in [3.63, 3.8) is 0 Å². The van der Waals surface area contributed by atoms with Crippen LogP contribution in [0, 0.1) is 22.7 Å². The van der Waals surface area contributed by atoms with Crippen LogP contribution in [0.4, 0.5) is 5.82 Å². The van der Waals surface area contributed by atoms with Gasteiger partial charge in [0, 0.05) is 49.5 Å². The highest BCUT2D eigenvalue weighted by molar-refractivity contribution is 5.92. The number of methoxy groups -OCH3 is 1. The van der Waals surface area contributed by atoms with E-state index in [9.17, 15) is 14.7 Å². The molecule has 1 saturated heterocycles. The quantitative estimate of drug-likeness (QED) is 0.590. The molecule has 3 fully saturated rings. The van der Waals surface area contributed by atoms with Crippen LogP contribution in [0.2, 0.25) is 0 Å². The summed E-state index contributed by atoms with van der Waals surface area (Å²) in [5, 5.41) is 12.1. The van der Waals surface area contributed by atoms with Gasteiger partial charge in [-0.25, -0.2) is 0 Å². The van der Waals surface area contributed by atoms with Gasteiger partial charge in [-0.05, 0) is 62.5 Å². The first-order chi connectivity index (χ1) is 18.2. The van der Waals surface area contributed by atoms with Gasteiger partial charge in [-0.15, -0.1) is 0 Å². The summed E-state index contributed by atoms with van der Waals surface area (Å²) in [5.41, 5.74) is 1.02. The lowest BCUT2D eigenvalue weighted by Gasteiger charge is -2.54. The van der Waals surface area contributed by atoms with Crippen LogP contribution in [0.5, 0.6) is 5.88 Å². The minimum Gasteiger partial charge on any atom is -0.481 e. The summed E-state index contributed by atoms with van der Waals surface area (Å²) in [6.45, 7) is 7.89. The third-order valence-corrected chi connectivity index (χ3v) is 10.9. The van der Waals surface area contributed by atoms with Gasteiger partial charge in [0.1, 0.15) is 11.4 Å². The van der Waals surface area contributed by atoms with Crippen molar-refractivity contribution in [2.24, 2.45) is 22.7 Å². The van der Waals surface area contributed by atoms with E-state index in [2.05, 4.69) is 34.7 Å². The lowest BCUT2D eigenvalue weighted by Crippen LogP contribution is -2.58. The molecule has 204 valence electrons. The molecule has 7 nitrogen and oxygen atoms in total. The molecule has 0 spiro atoms. The number of aromatic nitrogens is 1. The van der Waals surface area contributed by atoms with Crippen molar-refractivity contribution in [2.45, 2.75) is 64.4 Å². The first kappa shape index (κ1) is 25.8. The zero-order valence-corrected chi connectivity index (χ0v) is 23.0. The van der Waals surface area contributed by atoms with Crippen LogP contribution in [-0.2, 0) is 9.59 Å². The molecule has 0 aromatic carbocycles. The van der Waals surface area contributed by atoms with Crippen molar-refractivity contribution in [1.29, 1.82) is 0 Å². The molecule has 2 saturated carbocycles. The smallest absolute Gasteiger partial charge is 0.214 e. The van der Waals surface area contributed by atoms with Gasteiger partial charge in [0.15, 0.2) is 11.6 Å². The number of Topliss-reactive ketones (excluding diaryl/α,β-unsaturated/α-hetero) is 1.